The van der Waals surface area contributed by atoms with Crippen molar-refractivity contribution in [3.8, 4) is 0 Å². The molecule has 2 heterocycles. The second kappa shape index (κ2) is 5.47. The number of nitrogens with two attached hydrogens (primary N) is 1. The third-order valence-corrected chi connectivity index (χ3v) is 4.53. The molecule has 2 rings (SSSR count). The van der Waals surface area contributed by atoms with Crippen LogP contribution < -0.4 is 5.73 Å². The molecular weight excluding hydrogens is 266 g/mol. The summed E-state index contributed by atoms with van der Waals surface area (Å²) in [6, 6.07) is 3.08. The van der Waals surface area contributed by atoms with Gasteiger partial charge in [-0.05, 0) is 12.1 Å². The monoisotopic (exact) mass is 281 g/mol. The summed E-state index contributed by atoms with van der Waals surface area (Å²) in [4.78, 5) is 11.0. The lowest BCUT2D eigenvalue weighted by molar-refractivity contribution is 0.457. The van der Waals surface area contributed by atoms with Crippen molar-refractivity contribution < 1.29 is 8.42 Å². The van der Waals surface area contributed by atoms with E-state index in [1.807, 2.05) is 0 Å². The molecule has 0 unspecified atom stereocenters. The molecule has 0 atom stereocenters. The molecule has 0 spiro atoms. The van der Waals surface area contributed by atoms with Gasteiger partial charge in [-0.15, -0.1) is 0 Å². The third-order valence-electron chi connectivity index (χ3n) is 2.66. The minimum atomic E-state index is -3.63. The zero-order valence-electron chi connectivity index (χ0n) is 10.4. The Labute approximate surface area is 111 Å². The summed E-state index contributed by atoms with van der Waals surface area (Å²) >= 11 is 0. The van der Waals surface area contributed by atoms with Gasteiger partial charge in [0.2, 0.25) is 10.0 Å². The zero-order chi connectivity index (χ0) is 13.9. The third kappa shape index (κ3) is 2.80. The predicted octanol–water partition coefficient (Wildman–Crippen LogP) is 0.0841. The summed E-state index contributed by atoms with van der Waals surface area (Å²) in [5.74, 6) is 0.573. The fourth-order valence-electron chi connectivity index (χ4n) is 1.66. The molecule has 102 valence electrons. The molecule has 0 fully saturated rings. The average molecular weight is 281 g/mol. The molecule has 0 amide bonds. The number of imidazole rings is 1. The van der Waals surface area contributed by atoms with Gasteiger partial charge in [0, 0.05) is 32.2 Å². The van der Waals surface area contributed by atoms with Crippen LogP contribution in [0.1, 0.15) is 11.5 Å². The highest BCUT2D eigenvalue weighted by Gasteiger charge is 2.24. The Bertz CT molecular complexity index is 639. The molecular formula is C11H15N5O2S. The quantitative estimate of drug-likeness (QED) is 0.807. The fourth-order valence-corrected chi connectivity index (χ4v) is 2.97. The first kappa shape index (κ1) is 13.7. The van der Waals surface area contributed by atoms with Gasteiger partial charge in [-0.1, -0.05) is 0 Å². The largest absolute Gasteiger partial charge is 0.347 e. The molecule has 2 aromatic heterocycles. The Morgan fingerprint density at radius 1 is 1.37 bits per heavy atom. The van der Waals surface area contributed by atoms with Gasteiger partial charge < -0.3 is 10.7 Å². The molecule has 0 aliphatic carbocycles. The van der Waals surface area contributed by atoms with Crippen LogP contribution in [-0.2, 0) is 23.1 Å². The summed E-state index contributed by atoms with van der Waals surface area (Å²) in [6.07, 6.45) is 4.74. The van der Waals surface area contributed by atoms with Crippen LogP contribution in [0, 0.1) is 0 Å². The lowest BCUT2D eigenvalue weighted by Crippen LogP contribution is -2.28. The lowest BCUT2D eigenvalue weighted by Gasteiger charge is -2.17. The van der Waals surface area contributed by atoms with E-state index in [2.05, 4.69) is 15.0 Å². The average Bonchev–Trinajstić information content (AvgIpc) is 2.91. The van der Waals surface area contributed by atoms with Gasteiger partial charge in [-0.2, -0.15) is 4.31 Å². The fraction of sp³-hybridized carbons (Fsp3) is 0.273. The van der Waals surface area contributed by atoms with Crippen molar-refractivity contribution in [2.45, 2.75) is 18.0 Å². The Morgan fingerprint density at radius 3 is 2.79 bits per heavy atom. The molecule has 0 aliphatic rings. The number of hydrogen-bond donors (Lipinski definition) is 2. The number of nitrogens with one attached hydrogen (secondary N) is 1. The number of rotatable bonds is 5. The minimum Gasteiger partial charge on any atom is -0.347 e. The van der Waals surface area contributed by atoms with E-state index in [1.54, 1.807) is 18.5 Å². The van der Waals surface area contributed by atoms with Crippen molar-refractivity contribution in [2.75, 3.05) is 7.05 Å². The summed E-state index contributed by atoms with van der Waals surface area (Å²) in [6.45, 7) is 0.234. The zero-order valence-corrected chi connectivity index (χ0v) is 11.3. The number of sulfonamides is 1. The van der Waals surface area contributed by atoms with Gasteiger partial charge in [0.25, 0.3) is 0 Å². The summed E-state index contributed by atoms with van der Waals surface area (Å²) < 4.78 is 26.1. The van der Waals surface area contributed by atoms with Crippen LogP contribution in [0.2, 0.25) is 0 Å². The van der Waals surface area contributed by atoms with E-state index in [1.165, 1.54) is 23.6 Å². The van der Waals surface area contributed by atoms with Crippen LogP contribution in [0.3, 0.4) is 0 Å². The van der Waals surface area contributed by atoms with Gasteiger partial charge in [0.05, 0.1) is 12.2 Å². The molecule has 3 N–H and O–H groups in total. The molecule has 0 radical (unpaired) electrons. The molecule has 2 aromatic rings. The van der Waals surface area contributed by atoms with Crippen molar-refractivity contribution >= 4 is 10.0 Å². The number of nitrogens with zero attached hydrogens (tertiary/aromatic N) is 3. The Kier molecular flexibility index (Phi) is 3.93. The molecule has 8 heteroatoms. The predicted molar refractivity (Wildman–Crippen MR) is 69.4 cm³/mol. The molecule has 0 aromatic carbocycles. The van der Waals surface area contributed by atoms with E-state index in [0.717, 1.165) is 0 Å². The van der Waals surface area contributed by atoms with E-state index in [-0.39, 0.29) is 18.0 Å². The molecule has 0 aliphatic heterocycles. The summed E-state index contributed by atoms with van der Waals surface area (Å²) in [5, 5.41) is 0. The SMILES string of the molecule is CN(Cc1ncc[nH]1)S(=O)(=O)c1cccnc1CN. The Balaban J connectivity index is 2.31. The molecule has 7 nitrogen and oxygen atoms in total. The Morgan fingerprint density at radius 2 is 2.16 bits per heavy atom. The minimum absolute atomic E-state index is 0.0734. The normalized spacial score (nSPS) is 11.9. The molecule has 0 bridgehead atoms. The molecule has 0 saturated carbocycles. The van der Waals surface area contributed by atoms with Crippen molar-refractivity contribution in [2.24, 2.45) is 5.73 Å². The van der Waals surface area contributed by atoms with Gasteiger partial charge in [-0.25, -0.2) is 13.4 Å². The first-order valence-electron chi connectivity index (χ1n) is 5.64. The van der Waals surface area contributed by atoms with Crippen LogP contribution in [0.25, 0.3) is 0 Å². The number of H-pyrrole nitrogens is 1. The van der Waals surface area contributed by atoms with Crippen molar-refractivity contribution in [1.29, 1.82) is 0 Å². The van der Waals surface area contributed by atoms with E-state index in [4.69, 9.17) is 5.73 Å². The van der Waals surface area contributed by atoms with Crippen LogP contribution in [0.15, 0.2) is 35.6 Å². The number of pyridine rings is 1. The van der Waals surface area contributed by atoms with Gasteiger partial charge >= 0.3 is 0 Å². The Hall–Kier alpha value is -1.77. The van der Waals surface area contributed by atoms with E-state index in [0.29, 0.717) is 11.5 Å². The highest BCUT2D eigenvalue weighted by molar-refractivity contribution is 7.89. The number of aromatic nitrogens is 3. The number of hydrogen-bond acceptors (Lipinski definition) is 5. The van der Waals surface area contributed by atoms with Crippen molar-refractivity contribution in [3.63, 3.8) is 0 Å². The summed E-state index contributed by atoms with van der Waals surface area (Å²) in [7, 11) is -2.14. The van der Waals surface area contributed by atoms with Gasteiger partial charge in [0.15, 0.2) is 0 Å². The maximum Gasteiger partial charge on any atom is 0.245 e. The van der Waals surface area contributed by atoms with Crippen LogP contribution in [0.4, 0.5) is 0 Å². The van der Waals surface area contributed by atoms with Crippen LogP contribution in [-0.4, -0.2) is 34.7 Å². The molecule has 19 heavy (non-hydrogen) atoms. The molecule has 0 saturated heterocycles. The highest BCUT2D eigenvalue weighted by atomic mass is 32.2. The maximum absolute atomic E-state index is 12.4. The van der Waals surface area contributed by atoms with E-state index in [9.17, 15) is 8.42 Å². The van der Waals surface area contributed by atoms with Crippen molar-refractivity contribution in [1.82, 2.24) is 19.3 Å². The van der Waals surface area contributed by atoms with Crippen LogP contribution >= 0.6 is 0 Å². The van der Waals surface area contributed by atoms with Crippen LogP contribution in [0.5, 0.6) is 0 Å². The van der Waals surface area contributed by atoms with Gasteiger partial charge in [-0.3, -0.25) is 4.98 Å². The maximum atomic E-state index is 12.4. The smallest absolute Gasteiger partial charge is 0.245 e. The van der Waals surface area contributed by atoms with E-state index < -0.39 is 10.0 Å². The standard InChI is InChI=1S/C11H15N5O2S/c1-16(8-11-14-5-6-15-11)19(17,18)10-3-2-4-13-9(10)7-12/h2-6H,7-8,12H2,1H3,(H,14,15). The highest BCUT2D eigenvalue weighted by Crippen LogP contribution is 2.18. The second-order valence-electron chi connectivity index (χ2n) is 3.95. The first-order chi connectivity index (χ1) is 9.05. The topological polar surface area (TPSA) is 105 Å². The summed E-state index contributed by atoms with van der Waals surface area (Å²) in [5.41, 5.74) is 5.87. The lowest BCUT2D eigenvalue weighted by atomic mass is 10.3. The van der Waals surface area contributed by atoms with Gasteiger partial charge in [0.1, 0.15) is 10.7 Å². The van der Waals surface area contributed by atoms with E-state index >= 15 is 0 Å². The first-order valence-corrected chi connectivity index (χ1v) is 7.08. The number of aromatic amines is 1. The second-order valence-corrected chi connectivity index (χ2v) is 5.96. The van der Waals surface area contributed by atoms with Crippen molar-refractivity contribution in [3.05, 3.63) is 42.2 Å².